The predicted octanol–water partition coefficient (Wildman–Crippen LogP) is 5.31. The van der Waals surface area contributed by atoms with E-state index >= 15 is 0 Å². The van der Waals surface area contributed by atoms with Crippen molar-refractivity contribution in [2.24, 2.45) is 35.5 Å². The quantitative estimate of drug-likeness (QED) is 0.138. The van der Waals surface area contributed by atoms with Gasteiger partial charge < -0.3 is 39.2 Å². The SMILES string of the molecule is CC/C1=C/C(C)C[C@H](C)C[C@H](OC)[C@H]2O[C@@](O)(C(=O)C(=O)N3CCCC[C@H]3C(=O)OC(C(C)=C[C@@H]3CC[C@H](Cl)[C@H](CO)C3)C(C)[C@@H](O)CC1=O)[C@H](C)C[C@@H]2OC. The van der Waals surface area contributed by atoms with Crippen LogP contribution in [0.3, 0.4) is 0 Å². The summed E-state index contributed by atoms with van der Waals surface area (Å²) in [5.74, 6) is -7.14. The van der Waals surface area contributed by atoms with Crippen LogP contribution in [0.2, 0.25) is 0 Å². The Morgan fingerprint density at radius 1 is 1.00 bits per heavy atom. The van der Waals surface area contributed by atoms with Crippen molar-refractivity contribution in [2.75, 3.05) is 27.4 Å². The third-order valence-corrected chi connectivity index (χ3v) is 13.5. The van der Waals surface area contributed by atoms with Gasteiger partial charge in [-0.05, 0) is 106 Å². The van der Waals surface area contributed by atoms with Gasteiger partial charge in [-0.15, -0.1) is 11.6 Å². The zero-order valence-electron chi connectivity index (χ0n) is 34.8. The highest BCUT2D eigenvalue weighted by molar-refractivity contribution is 6.39. The fourth-order valence-corrected chi connectivity index (χ4v) is 9.79. The minimum absolute atomic E-state index is 0.00571. The summed E-state index contributed by atoms with van der Waals surface area (Å²) in [7, 11) is 3.07. The Morgan fingerprint density at radius 2 is 1.68 bits per heavy atom. The van der Waals surface area contributed by atoms with Crippen LogP contribution in [0, 0.1) is 35.5 Å². The number of aliphatic hydroxyl groups excluding tert-OH is 2. The highest BCUT2D eigenvalue weighted by Crippen LogP contribution is 2.40. The third kappa shape index (κ3) is 10.9. The molecular weight excluding hydrogens is 742 g/mol. The number of ether oxygens (including phenoxy) is 4. The number of ketones is 2. The molecule has 0 radical (unpaired) electrons. The second-order valence-electron chi connectivity index (χ2n) is 17.3. The molecular formula is C43H68ClNO11. The van der Waals surface area contributed by atoms with Crippen molar-refractivity contribution in [1.82, 2.24) is 4.90 Å². The van der Waals surface area contributed by atoms with Gasteiger partial charge in [-0.1, -0.05) is 46.8 Å². The van der Waals surface area contributed by atoms with Crippen molar-refractivity contribution < 1.29 is 53.4 Å². The number of cyclic esters (lactones) is 1. The molecule has 0 aromatic carbocycles. The lowest BCUT2D eigenvalue weighted by Crippen LogP contribution is -2.64. The number of aliphatic hydroxyl groups is 3. The largest absolute Gasteiger partial charge is 0.456 e. The molecule has 3 N–H and O–H groups in total. The lowest BCUT2D eigenvalue weighted by molar-refractivity contribution is -0.302. The number of amides is 1. The van der Waals surface area contributed by atoms with Crippen molar-refractivity contribution >= 4 is 35.0 Å². The predicted molar refractivity (Wildman–Crippen MR) is 211 cm³/mol. The van der Waals surface area contributed by atoms with E-state index in [1.807, 2.05) is 32.9 Å². The lowest BCUT2D eigenvalue weighted by Gasteiger charge is -2.47. The molecule has 2 bridgehead atoms. The molecule has 318 valence electrons. The number of carbonyl (C=O) groups excluding carboxylic acids is 4. The molecule has 3 unspecified atom stereocenters. The van der Waals surface area contributed by atoms with E-state index in [4.69, 9.17) is 30.5 Å². The zero-order chi connectivity index (χ0) is 41.5. The molecule has 4 aliphatic rings. The highest BCUT2D eigenvalue weighted by atomic mass is 35.5. The van der Waals surface area contributed by atoms with E-state index in [1.165, 1.54) is 19.1 Å². The first-order valence-corrected chi connectivity index (χ1v) is 21.3. The first kappa shape index (κ1) is 46.5. The molecule has 12 nitrogen and oxygen atoms in total. The first-order chi connectivity index (χ1) is 26.5. The molecule has 56 heavy (non-hydrogen) atoms. The van der Waals surface area contributed by atoms with Crippen molar-refractivity contribution in [1.29, 1.82) is 0 Å². The Labute approximate surface area is 338 Å². The minimum atomic E-state index is -2.50. The van der Waals surface area contributed by atoms with Crippen LogP contribution in [0.5, 0.6) is 0 Å². The number of nitrogens with zero attached hydrogens (tertiary/aromatic N) is 1. The van der Waals surface area contributed by atoms with E-state index in [-0.39, 0.29) is 67.2 Å². The summed E-state index contributed by atoms with van der Waals surface area (Å²) in [4.78, 5) is 57.6. The molecule has 1 saturated carbocycles. The molecule has 1 amide bonds. The number of piperidine rings is 1. The van der Waals surface area contributed by atoms with E-state index < -0.39 is 71.8 Å². The van der Waals surface area contributed by atoms with Gasteiger partial charge in [0.15, 0.2) is 5.78 Å². The second-order valence-corrected chi connectivity index (χ2v) is 17.8. The summed E-state index contributed by atoms with van der Waals surface area (Å²) in [6.07, 6.45) is 5.03. The molecule has 0 aromatic rings. The maximum Gasteiger partial charge on any atom is 0.329 e. The fraction of sp³-hybridized carbons (Fsp3) is 0.814. The van der Waals surface area contributed by atoms with Gasteiger partial charge in [0.05, 0.1) is 18.3 Å². The Hall–Kier alpha value is -2.19. The number of Topliss-reactive ketones (excluding diaryl/α,β-unsaturated/α-hetero) is 2. The molecule has 1 aliphatic carbocycles. The van der Waals surface area contributed by atoms with Crippen LogP contribution in [-0.4, -0.2) is 119 Å². The smallest absolute Gasteiger partial charge is 0.329 e. The van der Waals surface area contributed by atoms with Crippen LogP contribution in [0.15, 0.2) is 23.3 Å². The summed E-state index contributed by atoms with van der Waals surface area (Å²) in [6.45, 7) is 11.3. The Balaban J connectivity index is 1.76. The van der Waals surface area contributed by atoms with E-state index in [2.05, 4.69) is 6.92 Å². The number of rotatable bonds is 6. The molecule has 0 aromatic heterocycles. The summed E-state index contributed by atoms with van der Waals surface area (Å²) in [5, 5.41) is 33.5. The number of hydrogen-bond acceptors (Lipinski definition) is 11. The maximum absolute atomic E-state index is 14.3. The van der Waals surface area contributed by atoms with Gasteiger partial charge in [0.25, 0.3) is 11.7 Å². The number of methoxy groups -OCH3 is 2. The Kier molecular flexibility index (Phi) is 17.2. The molecule has 14 atom stereocenters. The van der Waals surface area contributed by atoms with Crippen LogP contribution in [0.1, 0.15) is 112 Å². The molecule has 2 saturated heterocycles. The minimum Gasteiger partial charge on any atom is -0.456 e. The summed E-state index contributed by atoms with van der Waals surface area (Å²) >= 11 is 6.49. The van der Waals surface area contributed by atoms with Gasteiger partial charge >= 0.3 is 5.97 Å². The normalized spacial score (nSPS) is 41.6. The van der Waals surface area contributed by atoms with Gasteiger partial charge in [0.1, 0.15) is 18.2 Å². The van der Waals surface area contributed by atoms with E-state index in [0.29, 0.717) is 56.1 Å². The number of halogens is 1. The Morgan fingerprint density at radius 3 is 2.32 bits per heavy atom. The number of esters is 1. The number of hydrogen-bond donors (Lipinski definition) is 3. The summed E-state index contributed by atoms with van der Waals surface area (Å²) < 4.78 is 24.2. The van der Waals surface area contributed by atoms with E-state index in [0.717, 1.165) is 6.42 Å². The first-order valence-electron chi connectivity index (χ1n) is 20.9. The second kappa shape index (κ2) is 20.7. The number of alkyl halides is 1. The maximum atomic E-state index is 14.3. The van der Waals surface area contributed by atoms with Crippen molar-refractivity contribution in [2.45, 2.75) is 160 Å². The molecule has 13 heteroatoms. The highest BCUT2D eigenvalue weighted by Gasteiger charge is 2.56. The molecule has 4 rings (SSSR count). The number of allylic oxidation sites excluding steroid dienone is 3. The van der Waals surface area contributed by atoms with Gasteiger partial charge in [-0.3, -0.25) is 14.4 Å². The van der Waals surface area contributed by atoms with Crippen LogP contribution in [0.25, 0.3) is 0 Å². The molecule has 3 heterocycles. The third-order valence-electron chi connectivity index (χ3n) is 12.9. The molecule has 3 aliphatic heterocycles. The average molecular weight is 810 g/mol. The van der Waals surface area contributed by atoms with Crippen LogP contribution < -0.4 is 0 Å². The van der Waals surface area contributed by atoms with Crippen molar-refractivity contribution in [3.63, 3.8) is 0 Å². The standard InChI is InChI=1S/C43H68ClNO11/c1-9-30-17-24(2)16-25(3)18-36(53-7)39-37(54-8)20-27(5)43(52,56-39)40(49)41(50)45-15-11-10-12-33(45)42(51)55-38(28(6)34(47)22-35(30)48)26(4)19-29-13-14-32(44)31(21-29)23-46/h17,19,24-25,27-29,31-34,36-39,46-47,52H,9-16,18,20-23H2,1-8H3/b26-19?,30-17-/t24?,25-,27+,28?,29-,31-,32-,33-,34-,36-,37-,38?,39+,43+/m0/s1. The number of fused-ring (bicyclic) bond motifs is 3. The molecule has 3 fully saturated rings. The van der Waals surface area contributed by atoms with E-state index in [1.54, 1.807) is 13.8 Å². The lowest BCUT2D eigenvalue weighted by atomic mass is 9.79. The van der Waals surface area contributed by atoms with Gasteiger partial charge in [0.2, 0.25) is 5.79 Å². The summed E-state index contributed by atoms with van der Waals surface area (Å²) in [5.41, 5.74) is 1.29. The topological polar surface area (TPSA) is 169 Å². The van der Waals surface area contributed by atoms with Crippen molar-refractivity contribution in [3.05, 3.63) is 23.3 Å². The average Bonchev–Trinajstić information content (AvgIpc) is 3.18. The van der Waals surface area contributed by atoms with Crippen LogP contribution in [0.4, 0.5) is 0 Å². The Bertz CT molecular complexity index is 1440. The zero-order valence-corrected chi connectivity index (χ0v) is 35.5. The van der Waals surface area contributed by atoms with Gasteiger partial charge in [-0.25, -0.2) is 4.79 Å². The molecule has 0 spiro atoms. The monoisotopic (exact) mass is 809 g/mol. The van der Waals surface area contributed by atoms with E-state index in [9.17, 15) is 34.5 Å². The summed E-state index contributed by atoms with van der Waals surface area (Å²) in [6, 6.07) is -1.13. The van der Waals surface area contributed by atoms with Crippen LogP contribution in [-0.2, 0) is 38.1 Å². The fourth-order valence-electron chi connectivity index (χ4n) is 9.48. The van der Waals surface area contributed by atoms with Crippen LogP contribution >= 0.6 is 11.6 Å². The van der Waals surface area contributed by atoms with Crippen molar-refractivity contribution in [3.8, 4) is 0 Å². The van der Waals surface area contributed by atoms with Gasteiger partial charge in [-0.2, -0.15) is 0 Å². The number of carbonyl (C=O) groups is 4. The van der Waals surface area contributed by atoms with Gasteiger partial charge in [0, 0.05) is 51.0 Å².